The number of nitrogens with zero attached hydrogens (tertiary/aromatic N) is 2. The van der Waals surface area contributed by atoms with Crippen LogP contribution in [-0.2, 0) is 0 Å². The molecule has 0 bridgehead atoms. The second-order valence-electron chi connectivity index (χ2n) is 2.31. The Hall–Kier alpha value is -0.280. The number of H-pyrrole nitrogens is 1. The van der Waals surface area contributed by atoms with Gasteiger partial charge in [-0.1, -0.05) is 0 Å². The largest absolute Gasteiger partial charge is 0.262 e. The molecule has 0 amide bonds. The smallest absolute Gasteiger partial charge is 0.168 e. The van der Waals surface area contributed by atoms with Gasteiger partial charge in [-0.2, -0.15) is 5.10 Å². The van der Waals surface area contributed by atoms with Gasteiger partial charge < -0.3 is 0 Å². The van der Waals surface area contributed by atoms with Gasteiger partial charge in [0.2, 0.25) is 0 Å². The third kappa shape index (κ3) is 2.07. The van der Waals surface area contributed by atoms with Crippen LogP contribution in [0.15, 0.2) is 0 Å². The van der Waals surface area contributed by atoms with Crippen LogP contribution >= 0.6 is 23.2 Å². The van der Waals surface area contributed by atoms with E-state index in [0.29, 0.717) is 11.6 Å². The Morgan fingerprint density at radius 1 is 1.27 bits per heavy atom. The number of aromatic amines is 1. The van der Waals surface area contributed by atoms with Crippen molar-refractivity contribution in [3.05, 3.63) is 11.6 Å². The number of alkyl halides is 2. The number of hydrogen-bond acceptors (Lipinski definition) is 2. The van der Waals surface area contributed by atoms with Gasteiger partial charge in [0, 0.05) is 0 Å². The summed E-state index contributed by atoms with van der Waals surface area (Å²) in [6.07, 6.45) is 0. The highest BCUT2D eigenvalue weighted by atomic mass is 35.5. The summed E-state index contributed by atoms with van der Waals surface area (Å²) < 4.78 is 0. The average molecular weight is 194 g/mol. The van der Waals surface area contributed by atoms with Gasteiger partial charge >= 0.3 is 0 Å². The molecule has 1 heterocycles. The Morgan fingerprint density at radius 2 is 1.91 bits per heavy atom. The van der Waals surface area contributed by atoms with Gasteiger partial charge in [0.1, 0.15) is 5.82 Å². The van der Waals surface area contributed by atoms with Gasteiger partial charge in [-0.25, -0.2) is 4.98 Å². The zero-order valence-electron chi connectivity index (χ0n) is 6.31. The first-order valence-corrected chi connectivity index (χ1v) is 4.19. The summed E-state index contributed by atoms with van der Waals surface area (Å²) in [4.78, 5) is 4.08. The van der Waals surface area contributed by atoms with Crippen LogP contribution in [0, 0.1) is 0 Å². The predicted octanol–water partition coefficient (Wildman–Crippen LogP) is 2.40. The monoisotopic (exact) mass is 193 g/mol. The van der Waals surface area contributed by atoms with Crippen LogP contribution in [0.1, 0.15) is 36.3 Å². The molecule has 0 saturated heterocycles. The number of nitrogens with one attached hydrogen (secondary N) is 1. The maximum absolute atomic E-state index is 5.74. The van der Waals surface area contributed by atoms with Crippen molar-refractivity contribution in [1.82, 2.24) is 15.2 Å². The third-order valence-corrected chi connectivity index (χ3v) is 1.65. The van der Waals surface area contributed by atoms with Crippen LogP contribution in [0.5, 0.6) is 0 Å². The van der Waals surface area contributed by atoms with E-state index in [4.69, 9.17) is 23.2 Å². The van der Waals surface area contributed by atoms with Crippen LogP contribution in [0.2, 0.25) is 0 Å². The van der Waals surface area contributed by atoms with Crippen LogP contribution in [0.25, 0.3) is 0 Å². The van der Waals surface area contributed by atoms with Gasteiger partial charge in [0.25, 0.3) is 0 Å². The molecule has 0 spiro atoms. The Labute approximate surface area is 75.1 Å². The molecule has 0 radical (unpaired) electrons. The summed E-state index contributed by atoms with van der Waals surface area (Å²) in [7, 11) is 0. The molecule has 0 aliphatic carbocycles. The number of halogens is 2. The van der Waals surface area contributed by atoms with Crippen molar-refractivity contribution in [3.63, 3.8) is 0 Å². The SMILES string of the molecule is C[C@@H](Cl)c1n[nH]c([C@@H](C)Cl)n1. The van der Waals surface area contributed by atoms with E-state index in [1.165, 1.54) is 0 Å². The van der Waals surface area contributed by atoms with Crippen LogP contribution in [0.3, 0.4) is 0 Å². The molecule has 0 aromatic carbocycles. The molecule has 0 aliphatic rings. The van der Waals surface area contributed by atoms with E-state index in [1.54, 1.807) is 0 Å². The van der Waals surface area contributed by atoms with E-state index < -0.39 is 0 Å². The lowest BCUT2D eigenvalue weighted by Crippen LogP contribution is -1.89. The first kappa shape index (κ1) is 8.81. The highest BCUT2D eigenvalue weighted by Crippen LogP contribution is 2.19. The zero-order valence-corrected chi connectivity index (χ0v) is 7.82. The zero-order chi connectivity index (χ0) is 8.43. The fourth-order valence-electron chi connectivity index (χ4n) is 0.644. The van der Waals surface area contributed by atoms with E-state index in [1.807, 2.05) is 13.8 Å². The molecule has 1 aromatic rings. The molecule has 11 heavy (non-hydrogen) atoms. The lowest BCUT2D eigenvalue weighted by Gasteiger charge is -1.94. The molecule has 0 aliphatic heterocycles. The van der Waals surface area contributed by atoms with Gasteiger partial charge in [-0.05, 0) is 13.8 Å². The summed E-state index contributed by atoms with van der Waals surface area (Å²) in [5.41, 5.74) is 0. The second kappa shape index (κ2) is 3.41. The van der Waals surface area contributed by atoms with Crippen molar-refractivity contribution < 1.29 is 0 Å². The molecular formula is C6H9Cl2N3. The number of rotatable bonds is 2. The maximum Gasteiger partial charge on any atom is 0.168 e. The van der Waals surface area contributed by atoms with Crippen molar-refractivity contribution >= 4 is 23.2 Å². The van der Waals surface area contributed by atoms with Gasteiger partial charge in [0.05, 0.1) is 10.8 Å². The molecule has 0 unspecified atom stereocenters. The predicted molar refractivity (Wildman–Crippen MR) is 44.9 cm³/mol. The minimum Gasteiger partial charge on any atom is -0.262 e. The number of hydrogen-bond donors (Lipinski definition) is 1. The van der Waals surface area contributed by atoms with Crippen molar-refractivity contribution in [1.29, 1.82) is 0 Å². The van der Waals surface area contributed by atoms with Crippen LogP contribution in [-0.4, -0.2) is 15.2 Å². The minimum atomic E-state index is -0.171. The van der Waals surface area contributed by atoms with Gasteiger partial charge in [0.15, 0.2) is 5.82 Å². The van der Waals surface area contributed by atoms with Crippen molar-refractivity contribution in [3.8, 4) is 0 Å². The fourth-order valence-corrected chi connectivity index (χ4v) is 0.839. The lowest BCUT2D eigenvalue weighted by atomic mass is 10.4. The maximum atomic E-state index is 5.74. The first-order valence-electron chi connectivity index (χ1n) is 3.31. The van der Waals surface area contributed by atoms with Gasteiger partial charge in [-0.3, -0.25) is 5.10 Å². The molecule has 1 N–H and O–H groups in total. The minimum absolute atomic E-state index is 0.147. The molecule has 5 heteroatoms. The highest BCUT2D eigenvalue weighted by Gasteiger charge is 2.10. The van der Waals surface area contributed by atoms with E-state index in [-0.39, 0.29) is 10.8 Å². The molecule has 1 rings (SSSR count). The normalized spacial score (nSPS) is 16.4. The lowest BCUT2D eigenvalue weighted by molar-refractivity contribution is 0.912. The average Bonchev–Trinajstić information content (AvgIpc) is 2.33. The van der Waals surface area contributed by atoms with E-state index in [0.717, 1.165) is 0 Å². The number of aromatic nitrogens is 3. The molecule has 1 aromatic heterocycles. The van der Waals surface area contributed by atoms with Crippen LogP contribution in [0.4, 0.5) is 0 Å². The molecule has 2 atom stereocenters. The Bertz CT molecular complexity index is 209. The molecule has 0 saturated carbocycles. The van der Waals surface area contributed by atoms with Crippen molar-refractivity contribution in [2.45, 2.75) is 24.6 Å². The van der Waals surface area contributed by atoms with Crippen molar-refractivity contribution in [2.75, 3.05) is 0 Å². The van der Waals surface area contributed by atoms with Crippen molar-refractivity contribution in [2.24, 2.45) is 0 Å². The summed E-state index contributed by atoms with van der Waals surface area (Å²) in [6, 6.07) is 0. The Kier molecular flexibility index (Phi) is 2.73. The highest BCUT2D eigenvalue weighted by molar-refractivity contribution is 6.20. The standard InChI is InChI=1S/C6H9Cl2N3/c1-3(7)5-9-6(4(2)8)11-10-5/h3-4H,1-2H3,(H,9,10,11)/t3-,4-/m1/s1. The summed E-state index contributed by atoms with van der Waals surface area (Å²) in [5, 5.41) is 6.28. The van der Waals surface area contributed by atoms with E-state index >= 15 is 0 Å². The molecule has 3 nitrogen and oxygen atoms in total. The summed E-state index contributed by atoms with van der Waals surface area (Å²) in [5.74, 6) is 1.25. The summed E-state index contributed by atoms with van der Waals surface area (Å²) >= 11 is 11.5. The molecular weight excluding hydrogens is 185 g/mol. The van der Waals surface area contributed by atoms with E-state index in [9.17, 15) is 0 Å². The van der Waals surface area contributed by atoms with E-state index in [2.05, 4.69) is 15.2 Å². The quantitative estimate of drug-likeness (QED) is 0.734. The third-order valence-electron chi connectivity index (χ3n) is 1.25. The molecule has 0 fully saturated rings. The summed E-state index contributed by atoms with van der Waals surface area (Å²) in [6.45, 7) is 3.64. The molecule has 62 valence electrons. The van der Waals surface area contributed by atoms with Gasteiger partial charge in [-0.15, -0.1) is 23.2 Å². The Balaban J connectivity index is 2.82. The topological polar surface area (TPSA) is 41.6 Å². The Morgan fingerprint density at radius 3 is 2.18 bits per heavy atom. The second-order valence-corrected chi connectivity index (χ2v) is 3.62. The first-order chi connectivity index (χ1) is 5.11. The fraction of sp³-hybridized carbons (Fsp3) is 0.667. The van der Waals surface area contributed by atoms with Crippen LogP contribution < -0.4 is 0 Å².